The monoisotopic (exact) mass is 237 g/mol. The predicted octanol–water partition coefficient (Wildman–Crippen LogP) is 0.798. The molecule has 0 saturated carbocycles. The first-order valence-corrected chi connectivity index (χ1v) is 5.02. The maximum Gasteiger partial charge on any atom is 0.411 e. The number of ether oxygens (including phenoxy) is 1. The molecule has 90 valence electrons. The molecule has 1 aromatic carbocycles. The van der Waals surface area contributed by atoms with Gasteiger partial charge in [-0.2, -0.15) is 0 Å². The number of aromatic hydroxyl groups is 1. The van der Waals surface area contributed by atoms with Crippen LogP contribution < -0.4 is 0 Å². The van der Waals surface area contributed by atoms with Crippen molar-refractivity contribution < 1.29 is 24.5 Å². The summed E-state index contributed by atoms with van der Waals surface area (Å²) in [6.07, 6.45) is -1.76. The van der Waals surface area contributed by atoms with E-state index < -0.39 is 18.2 Å². The molecular formula is C11H11NO5. The number of phenols is 1. The summed E-state index contributed by atoms with van der Waals surface area (Å²) in [6.45, 7) is 0.237. The van der Waals surface area contributed by atoms with Crippen LogP contribution in [0.25, 0.3) is 0 Å². The second-order valence-corrected chi connectivity index (χ2v) is 3.76. The molecule has 1 aliphatic heterocycles. The van der Waals surface area contributed by atoms with Crippen molar-refractivity contribution in [1.82, 2.24) is 4.90 Å². The minimum Gasteiger partial charge on any atom is -0.508 e. The number of hydrogen-bond acceptors (Lipinski definition) is 4. The van der Waals surface area contributed by atoms with Crippen molar-refractivity contribution in [1.29, 1.82) is 0 Å². The molecule has 2 rings (SSSR count). The highest BCUT2D eigenvalue weighted by atomic mass is 16.6. The van der Waals surface area contributed by atoms with Crippen LogP contribution in [0, 0.1) is 0 Å². The predicted molar refractivity (Wildman–Crippen MR) is 56.4 cm³/mol. The van der Waals surface area contributed by atoms with Gasteiger partial charge < -0.3 is 14.9 Å². The molecule has 1 saturated heterocycles. The molecule has 1 fully saturated rings. The number of benzene rings is 1. The van der Waals surface area contributed by atoms with Gasteiger partial charge >= 0.3 is 12.1 Å². The Labute approximate surface area is 97.0 Å². The molecule has 1 atom stereocenters. The lowest BCUT2D eigenvalue weighted by molar-refractivity contribution is -0.144. The van der Waals surface area contributed by atoms with E-state index in [-0.39, 0.29) is 18.8 Å². The Morgan fingerprint density at radius 2 is 2.29 bits per heavy atom. The quantitative estimate of drug-likeness (QED) is 0.811. The molecule has 0 unspecified atom stereocenters. The SMILES string of the molecule is O=C(O)[C@H]1CN(Cc2cccc(O)c2)C(=O)O1. The van der Waals surface area contributed by atoms with E-state index in [2.05, 4.69) is 4.74 Å². The lowest BCUT2D eigenvalue weighted by Gasteiger charge is -2.12. The van der Waals surface area contributed by atoms with Crippen molar-refractivity contribution in [2.75, 3.05) is 6.54 Å². The van der Waals surface area contributed by atoms with E-state index in [1.807, 2.05) is 0 Å². The van der Waals surface area contributed by atoms with E-state index in [0.29, 0.717) is 5.56 Å². The summed E-state index contributed by atoms with van der Waals surface area (Å²) in [5, 5.41) is 18.0. The fourth-order valence-corrected chi connectivity index (χ4v) is 1.64. The number of amides is 1. The first-order valence-electron chi connectivity index (χ1n) is 5.02. The highest BCUT2D eigenvalue weighted by Gasteiger charge is 2.35. The van der Waals surface area contributed by atoms with Crippen LogP contribution >= 0.6 is 0 Å². The Morgan fingerprint density at radius 1 is 1.53 bits per heavy atom. The van der Waals surface area contributed by atoms with Gasteiger partial charge in [-0.15, -0.1) is 0 Å². The molecule has 1 amide bonds. The van der Waals surface area contributed by atoms with Crippen LogP contribution in [-0.2, 0) is 16.1 Å². The summed E-state index contributed by atoms with van der Waals surface area (Å²) >= 11 is 0. The molecule has 0 radical (unpaired) electrons. The Kier molecular flexibility index (Phi) is 2.86. The number of carbonyl (C=O) groups is 2. The van der Waals surface area contributed by atoms with Gasteiger partial charge in [0, 0.05) is 6.54 Å². The topological polar surface area (TPSA) is 87.1 Å². The third-order valence-corrected chi connectivity index (χ3v) is 2.45. The third kappa shape index (κ3) is 2.47. The van der Waals surface area contributed by atoms with Gasteiger partial charge in [-0.25, -0.2) is 9.59 Å². The second kappa shape index (κ2) is 4.32. The van der Waals surface area contributed by atoms with Crippen LogP contribution in [0.2, 0.25) is 0 Å². The molecule has 2 N–H and O–H groups in total. The summed E-state index contributed by atoms with van der Waals surface area (Å²) in [7, 11) is 0. The van der Waals surface area contributed by atoms with E-state index in [1.165, 1.54) is 17.0 Å². The van der Waals surface area contributed by atoms with E-state index in [9.17, 15) is 14.7 Å². The van der Waals surface area contributed by atoms with Crippen LogP contribution in [-0.4, -0.2) is 39.8 Å². The van der Waals surface area contributed by atoms with Gasteiger partial charge in [-0.05, 0) is 17.7 Å². The fourth-order valence-electron chi connectivity index (χ4n) is 1.64. The maximum atomic E-state index is 11.4. The summed E-state index contributed by atoms with van der Waals surface area (Å²) in [6, 6.07) is 6.43. The molecule has 1 aromatic rings. The molecule has 0 aliphatic carbocycles. The number of aliphatic carboxylic acids is 1. The average molecular weight is 237 g/mol. The van der Waals surface area contributed by atoms with Gasteiger partial charge in [0.1, 0.15) is 5.75 Å². The lowest BCUT2D eigenvalue weighted by atomic mass is 10.2. The highest BCUT2D eigenvalue weighted by Crippen LogP contribution is 2.17. The van der Waals surface area contributed by atoms with Crippen molar-refractivity contribution in [2.24, 2.45) is 0 Å². The number of carboxylic acid groups (broad SMARTS) is 1. The Balaban J connectivity index is 2.05. The van der Waals surface area contributed by atoms with Gasteiger partial charge in [0.25, 0.3) is 0 Å². The lowest BCUT2D eigenvalue weighted by Crippen LogP contribution is -2.27. The minimum absolute atomic E-state index is 0.0177. The van der Waals surface area contributed by atoms with Crippen LogP contribution in [0.5, 0.6) is 5.75 Å². The summed E-state index contributed by atoms with van der Waals surface area (Å²) < 4.78 is 4.66. The summed E-state index contributed by atoms with van der Waals surface area (Å²) in [5.74, 6) is -1.05. The molecular weight excluding hydrogens is 226 g/mol. The Bertz CT molecular complexity index is 459. The minimum atomic E-state index is -1.16. The summed E-state index contributed by atoms with van der Waals surface area (Å²) in [4.78, 5) is 23.3. The van der Waals surface area contributed by atoms with Crippen LogP contribution in [0.4, 0.5) is 4.79 Å². The van der Waals surface area contributed by atoms with Gasteiger partial charge in [-0.3, -0.25) is 4.90 Å². The van der Waals surface area contributed by atoms with Gasteiger partial charge in [0.15, 0.2) is 0 Å². The number of hydrogen-bond donors (Lipinski definition) is 2. The third-order valence-electron chi connectivity index (χ3n) is 2.45. The van der Waals surface area contributed by atoms with E-state index in [4.69, 9.17) is 5.11 Å². The number of phenolic OH excluding ortho intramolecular Hbond substituents is 1. The van der Waals surface area contributed by atoms with Gasteiger partial charge in [0.2, 0.25) is 6.10 Å². The Morgan fingerprint density at radius 3 is 2.88 bits per heavy atom. The van der Waals surface area contributed by atoms with Crippen molar-refractivity contribution in [3.8, 4) is 5.75 Å². The molecule has 1 heterocycles. The molecule has 17 heavy (non-hydrogen) atoms. The second-order valence-electron chi connectivity index (χ2n) is 3.76. The molecule has 0 aromatic heterocycles. The molecule has 6 nitrogen and oxygen atoms in total. The maximum absolute atomic E-state index is 11.4. The van der Waals surface area contributed by atoms with Crippen molar-refractivity contribution in [3.63, 3.8) is 0 Å². The molecule has 1 aliphatic rings. The van der Waals surface area contributed by atoms with Crippen LogP contribution in [0.3, 0.4) is 0 Å². The average Bonchev–Trinajstić information content (AvgIpc) is 2.61. The van der Waals surface area contributed by atoms with Crippen molar-refractivity contribution >= 4 is 12.1 Å². The number of nitrogens with zero attached hydrogens (tertiary/aromatic N) is 1. The van der Waals surface area contributed by atoms with E-state index in [1.54, 1.807) is 12.1 Å². The summed E-state index contributed by atoms with van der Waals surface area (Å²) in [5.41, 5.74) is 0.716. The first kappa shape index (κ1) is 11.3. The standard InChI is InChI=1S/C11H11NO5/c13-8-3-1-2-7(4-8)5-12-6-9(10(14)15)17-11(12)16/h1-4,9,13H,5-6H2,(H,14,15)/t9-/m1/s1. The van der Waals surface area contributed by atoms with Crippen LogP contribution in [0.15, 0.2) is 24.3 Å². The van der Waals surface area contributed by atoms with E-state index >= 15 is 0 Å². The van der Waals surface area contributed by atoms with Crippen LogP contribution in [0.1, 0.15) is 5.56 Å². The zero-order chi connectivity index (χ0) is 12.4. The molecule has 6 heteroatoms. The first-order chi connectivity index (χ1) is 8.06. The highest BCUT2D eigenvalue weighted by molar-refractivity contribution is 5.81. The van der Waals surface area contributed by atoms with Gasteiger partial charge in [-0.1, -0.05) is 12.1 Å². The molecule has 0 spiro atoms. The largest absolute Gasteiger partial charge is 0.508 e. The van der Waals surface area contributed by atoms with E-state index in [0.717, 1.165) is 0 Å². The molecule has 0 bridgehead atoms. The Hall–Kier alpha value is -2.24. The van der Waals surface area contributed by atoms with Gasteiger partial charge in [0.05, 0.1) is 6.54 Å². The number of cyclic esters (lactones) is 1. The number of carbonyl (C=O) groups excluding carboxylic acids is 1. The smallest absolute Gasteiger partial charge is 0.411 e. The number of carboxylic acids is 1. The number of rotatable bonds is 3. The zero-order valence-electron chi connectivity index (χ0n) is 8.87. The van der Waals surface area contributed by atoms with Crippen molar-refractivity contribution in [2.45, 2.75) is 12.6 Å². The normalized spacial score (nSPS) is 19.2. The fraction of sp³-hybridized carbons (Fsp3) is 0.273. The zero-order valence-corrected chi connectivity index (χ0v) is 8.87. The van der Waals surface area contributed by atoms with Crippen molar-refractivity contribution in [3.05, 3.63) is 29.8 Å².